The molecule has 0 saturated heterocycles. The minimum absolute atomic E-state index is 0.00114. The fourth-order valence-electron chi connectivity index (χ4n) is 2.50. The van der Waals surface area contributed by atoms with Crippen molar-refractivity contribution in [1.29, 1.82) is 0 Å². The maximum Gasteiger partial charge on any atom is 0.257 e. The van der Waals surface area contributed by atoms with E-state index in [9.17, 15) is 9.18 Å². The summed E-state index contributed by atoms with van der Waals surface area (Å²) < 4.78 is 19.2. The molecule has 2 aromatic carbocycles. The van der Waals surface area contributed by atoms with Gasteiger partial charge in [0.15, 0.2) is 6.61 Å². The van der Waals surface area contributed by atoms with Crippen molar-refractivity contribution in [2.75, 3.05) is 18.9 Å². The Balaban J connectivity index is 1.70. The Morgan fingerprint density at radius 3 is 2.73 bits per heavy atom. The number of carbonyl (C=O) groups excluding carboxylic acids is 1. The smallest absolute Gasteiger partial charge is 0.257 e. The van der Waals surface area contributed by atoms with Crippen LogP contribution in [0.5, 0.6) is 5.75 Å². The number of nitrogens with one attached hydrogen (secondary N) is 1. The number of hydrogen-bond acceptors (Lipinski definition) is 3. The molecule has 1 amide bonds. The van der Waals surface area contributed by atoms with Gasteiger partial charge >= 0.3 is 0 Å². The van der Waals surface area contributed by atoms with E-state index in [0.29, 0.717) is 23.8 Å². The van der Waals surface area contributed by atoms with Crippen LogP contribution in [0.4, 0.5) is 4.39 Å². The van der Waals surface area contributed by atoms with E-state index in [4.69, 9.17) is 4.74 Å². The molecule has 0 heterocycles. The van der Waals surface area contributed by atoms with E-state index in [0.717, 1.165) is 22.6 Å². The van der Waals surface area contributed by atoms with E-state index in [-0.39, 0.29) is 18.3 Å². The monoisotopic (exact) mass is 375 g/mol. The van der Waals surface area contributed by atoms with Crippen molar-refractivity contribution in [3.8, 4) is 5.75 Å². The summed E-state index contributed by atoms with van der Waals surface area (Å²) in [5.74, 6) is 2.10. The second-order valence-electron chi connectivity index (χ2n) is 6.48. The standard InChI is InChI=1S/C21H26FNO2S/c1-15(2)18-9-8-16(3)12-20(18)25-13-21(24)23-10-11-26-14-17-6-4-5-7-19(17)22/h4-9,12,15H,10-11,13-14H2,1-3H3,(H,23,24). The van der Waals surface area contributed by atoms with Crippen molar-refractivity contribution >= 4 is 17.7 Å². The summed E-state index contributed by atoms with van der Waals surface area (Å²) in [6.45, 7) is 6.74. The Bertz CT molecular complexity index is 734. The SMILES string of the molecule is Cc1ccc(C(C)C)c(OCC(=O)NCCSCc2ccccc2F)c1. The third-order valence-corrected chi connectivity index (χ3v) is 4.94. The van der Waals surface area contributed by atoms with Gasteiger partial charge in [-0.25, -0.2) is 4.39 Å². The molecule has 26 heavy (non-hydrogen) atoms. The van der Waals surface area contributed by atoms with Gasteiger partial charge in [-0.2, -0.15) is 11.8 Å². The van der Waals surface area contributed by atoms with E-state index in [1.165, 1.54) is 6.07 Å². The van der Waals surface area contributed by atoms with Crippen LogP contribution in [0.2, 0.25) is 0 Å². The first-order valence-electron chi connectivity index (χ1n) is 8.78. The normalized spacial score (nSPS) is 10.8. The Morgan fingerprint density at radius 2 is 2.00 bits per heavy atom. The lowest BCUT2D eigenvalue weighted by Crippen LogP contribution is -2.30. The summed E-state index contributed by atoms with van der Waals surface area (Å²) >= 11 is 1.59. The molecule has 0 radical (unpaired) electrons. The van der Waals surface area contributed by atoms with E-state index in [1.54, 1.807) is 23.9 Å². The zero-order chi connectivity index (χ0) is 18.9. The highest BCUT2D eigenvalue weighted by atomic mass is 32.2. The van der Waals surface area contributed by atoms with Gasteiger partial charge < -0.3 is 10.1 Å². The molecular formula is C21H26FNO2S. The fourth-order valence-corrected chi connectivity index (χ4v) is 3.34. The number of aryl methyl sites for hydroxylation is 1. The van der Waals surface area contributed by atoms with Gasteiger partial charge in [-0.05, 0) is 41.7 Å². The molecule has 1 N–H and O–H groups in total. The lowest BCUT2D eigenvalue weighted by atomic mass is 10.0. The summed E-state index contributed by atoms with van der Waals surface area (Å²) in [5.41, 5.74) is 2.89. The van der Waals surface area contributed by atoms with Crippen LogP contribution in [-0.4, -0.2) is 24.8 Å². The minimum atomic E-state index is -0.184. The Morgan fingerprint density at radius 1 is 1.23 bits per heavy atom. The number of thioether (sulfide) groups is 1. The molecule has 2 aromatic rings. The van der Waals surface area contributed by atoms with Gasteiger partial charge in [-0.1, -0.05) is 44.2 Å². The van der Waals surface area contributed by atoms with Gasteiger partial charge in [0.05, 0.1) is 0 Å². The molecule has 3 nitrogen and oxygen atoms in total. The number of ether oxygens (including phenoxy) is 1. The number of amides is 1. The highest BCUT2D eigenvalue weighted by Crippen LogP contribution is 2.27. The quantitative estimate of drug-likeness (QED) is 0.647. The number of benzene rings is 2. The van der Waals surface area contributed by atoms with Crippen LogP contribution in [-0.2, 0) is 10.5 Å². The minimum Gasteiger partial charge on any atom is -0.483 e. The first-order valence-corrected chi connectivity index (χ1v) is 9.94. The number of halogens is 1. The third-order valence-electron chi connectivity index (χ3n) is 3.93. The number of rotatable bonds is 9. The molecule has 0 aliphatic rings. The molecule has 0 aromatic heterocycles. The second-order valence-corrected chi connectivity index (χ2v) is 7.58. The molecule has 0 fully saturated rings. The lowest BCUT2D eigenvalue weighted by Gasteiger charge is -2.14. The number of carbonyl (C=O) groups is 1. The molecule has 140 valence electrons. The molecule has 0 saturated carbocycles. The van der Waals surface area contributed by atoms with Gasteiger partial charge in [0.1, 0.15) is 11.6 Å². The van der Waals surface area contributed by atoms with Crippen LogP contribution in [0.3, 0.4) is 0 Å². The Labute approximate surface area is 159 Å². The van der Waals surface area contributed by atoms with Crippen LogP contribution < -0.4 is 10.1 Å². The van der Waals surface area contributed by atoms with E-state index < -0.39 is 0 Å². The van der Waals surface area contributed by atoms with E-state index >= 15 is 0 Å². The summed E-state index contributed by atoms with van der Waals surface area (Å²) in [7, 11) is 0. The van der Waals surface area contributed by atoms with Gasteiger partial charge in [-0.15, -0.1) is 0 Å². The van der Waals surface area contributed by atoms with Crippen LogP contribution in [0.1, 0.15) is 36.5 Å². The summed E-state index contributed by atoms with van der Waals surface area (Å²) in [6.07, 6.45) is 0. The van der Waals surface area contributed by atoms with Gasteiger partial charge in [-0.3, -0.25) is 4.79 Å². The average Bonchev–Trinajstić information content (AvgIpc) is 2.61. The maximum absolute atomic E-state index is 13.5. The molecule has 0 unspecified atom stereocenters. The zero-order valence-corrected chi connectivity index (χ0v) is 16.4. The zero-order valence-electron chi connectivity index (χ0n) is 15.5. The first kappa shape index (κ1) is 20.3. The highest BCUT2D eigenvalue weighted by Gasteiger charge is 2.10. The molecule has 0 aliphatic heterocycles. The molecule has 0 spiro atoms. The molecule has 5 heteroatoms. The first-order chi connectivity index (χ1) is 12.5. The third kappa shape index (κ3) is 6.37. The fraction of sp³-hybridized carbons (Fsp3) is 0.381. The summed E-state index contributed by atoms with van der Waals surface area (Å²) in [5, 5.41) is 2.84. The molecule has 0 aliphatic carbocycles. The van der Waals surface area contributed by atoms with Crippen LogP contribution in [0.25, 0.3) is 0 Å². The van der Waals surface area contributed by atoms with Gasteiger partial charge in [0.25, 0.3) is 5.91 Å². The predicted molar refractivity (Wildman–Crippen MR) is 106 cm³/mol. The van der Waals surface area contributed by atoms with Crippen molar-refractivity contribution in [1.82, 2.24) is 5.32 Å². The van der Waals surface area contributed by atoms with Crippen LogP contribution in [0, 0.1) is 12.7 Å². The van der Waals surface area contributed by atoms with Crippen LogP contribution in [0.15, 0.2) is 42.5 Å². The summed E-state index contributed by atoms with van der Waals surface area (Å²) in [6, 6.07) is 12.8. The van der Waals surface area contributed by atoms with Crippen molar-refractivity contribution in [2.45, 2.75) is 32.4 Å². The van der Waals surface area contributed by atoms with Gasteiger partial charge in [0, 0.05) is 18.1 Å². The maximum atomic E-state index is 13.5. The molecular weight excluding hydrogens is 349 g/mol. The molecule has 0 atom stereocenters. The Kier molecular flexibility index (Phi) is 7.98. The van der Waals surface area contributed by atoms with Crippen molar-refractivity contribution < 1.29 is 13.9 Å². The number of hydrogen-bond donors (Lipinski definition) is 1. The van der Waals surface area contributed by atoms with Crippen molar-refractivity contribution in [3.05, 3.63) is 65.0 Å². The topological polar surface area (TPSA) is 38.3 Å². The second kappa shape index (κ2) is 10.2. The Hall–Kier alpha value is -2.01. The average molecular weight is 376 g/mol. The molecule has 0 bridgehead atoms. The van der Waals surface area contributed by atoms with E-state index in [2.05, 4.69) is 25.2 Å². The van der Waals surface area contributed by atoms with Gasteiger partial charge in [0.2, 0.25) is 0 Å². The summed E-state index contributed by atoms with van der Waals surface area (Å²) in [4.78, 5) is 12.0. The predicted octanol–water partition coefficient (Wildman–Crippen LogP) is 4.69. The van der Waals surface area contributed by atoms with Crippen molar-refractivity contribution in [3.63, 3.8) is 0 Å². The molecule has 2 rings (SSSR count). The van der Waals surface area contributed by atoms with E-state index in [1.807, 2.05) is 25.1 Å². The highest BCUT2D eigenvalue weighted by molar-refractivity contribution is 7.98. The van der Waals surface area contributed by atoms with Crippen molar-refractivity contribution in [2.24, 2.45) is 0 Å². The lowest BCUT2D eigenvalue weighted by molar-refractivity contribution is -0.122. The van der Waals surface area contributed by atoms with Crippen LogP contribution >= 0.6 is 11.8 Å². The largest absolute Gasteiger partial charge is 0.483 e.